The Morgan fingerprint density at radius 1 is 1.19 bits per heavy atom. The Balaban J connectivity index is 0.00000364. The van der Waals surface area contributed by atoms with Crippen molar-refractivity contribution < 1.29 is 8.42 Å². The largest absolute Gasteiger partial charge is 0.354 e. The van der Waals surface area contributed by atoms with E-state index >= 15 is 0 Å². The van der Waals surface area contributed by atoms with Crippen LogP contribution in [0.5, 0.6) is 0 Å². The minimum atomic E-state index is -2.84. The first-order valence-corrected chi connectivity index (χ1v) is 12.0. The van der Waals surface area contributed by atoms with Crippen LogP contribution in [0.15, 0.2) is 4.99 Å². The molecule has 2 rings (SSSR count). The number of guanidine groups is 1. The van der Waals surface area contributed by atoms with Crippen LogP contribution < -0.4 is 10.6 Å². The molecular weight excluding hydrogens is 473 g/mol. The van der Waals surface area contributed by atoms with Crippen LogP contribution in [-0.2, 0) is 9.84 Å². The third kappa shape index (κ3) is 8.46. The van der Waals surface area contributed by atoms with Gasteiger partial charge in [0.05, 0.1) is 11.5 Å². The van der Waals surface area contributed by atoms with Crippen LogP contribution >= 0.6 is 24.0 Å². The maximum absolute atomic E-state index is 11.7. The summed E-state index contributed by atoms with van der Waals surface area (Å²) in [7, 11) is -2.84. The number of nitrogens with zero attached hydrogens (tertiary/aromatic N) is 1. The van der Waals surface area contributed by atoms with Crippen molar-refractivity contribution in [3.63, 3.8) is 0 Å². The van der Waals surface area contributed by atoms with Gasteiger partial charge in [-0.1, -0.05) is 34.6 Å². The first-order chi connectivity index (χ1) is 11.9. The fourth-order valence-electron chi connectivity index (χ4n) is 4.85. The van der Waals surface area contributed by atoms with E-state index < -0.39 is 9.84 Å². The molecule has 1 heterocycles. The van der Waals surface area contributed by atoms with E-state index in [4.69, 9.17) is 4.99 Å². The quantitative estimate of drug-likeness (QED) is 0.332. The summed E-state index contributed by atoms with van der Waals surface area (Å²) in [6.07, 6.45) is 5.28. The van der Waals surface area contributed by atoms with E-state index in [9.17, 15) is 8.42 Å². The molecule has 2 unspecified atom stereocenters. The van der Waals surface area contributed by atoms with Gasteiger partial charge in [0, 0.05) is 18.6 Å². The van der Waals surface area contributed by atoms with Gasteiger partial charge in [-0.3, -0.25) is 4.99 Å². The second kappa shape index (κ2) is 9.63. The van der Waals surface area contributed by atoms with Gasteiger partial charge < -0.3 is 10.6 Å². The van der Waals surface area contributed by atoms with Gasteiger partial charge >= 0.3 is 0 Å². The molecule has 0 aromatic carbocycles. The molecule has 5 nitrogen and oxygen atoms in total. The molecular formula is C20H40IN3O2S. The molecule has 27 heavy (non-hydrogen) atoms. The summed E-state index contributed by atoms with van der Waals surface area (Å²) in [6, 6.07) is 0.745. The van der Waals surface area contributed by atoms with Crippen LogP contribution in [-0.4, -0.2) is 44.5 Å². The lowest BCUT2D eigenvalue weighted by Gasteiger charge is -2.45. The van der Waals surface area contributed by atoms with E-state index in [2.05, 4.69) is 52.2 Å². The first kappa shape index (κ1) is 25.0. The highest BCUT2D eigenvalue weighted by atomic mass is 127. The minimum Gasteiger partial charge on any atom is -0.354 e. The Bertz CT molecular complexity index is 601. The predicted octanol–water partition coefficient (Wildman–Crippen LogP) is 3.98. The van der Waals surface area contributed by atoms with Gasteiger partial charge in [0.25, 0.3) is 0 Å². The summed E-state index contributed by atoms with van der Waals surface area (Å²) in [5.74, 6) is 1.62. The number of nitrogens with one attached hydrogen (secondary N) is 2. The van der Waals surface area contributed by atoms with Gasteiger partial charge in [-0.05, 0) is 55.8 Å². The number of halogens is 1. The Hall–Kier alpha value is -0.0500. The van der Waals surface area contributed by atoms with Crippen LogP contribution in [0.2, 0.25) is 0 Å². The number of rotatable bonds is 5. The van der Waals surface area contributed by atoms with E-state index in [-0.39, 0.29) is 35.6 Å². The van der Waals surface area contributed by atoms with E-state index in [1.165, 1.54) is 6.42 Å². The molecule has 1 aliphatic carbocycles. The number of sulfone groups is 1. The number of aliphatic imine (C=N–C) groups is 1. The standard InChI is InChI=1S/C20H39N3O2S.HI/c1-7-15(2)22-18(21-12-16-8-9-26(24,25)13-16)23-17-10-19(3,4)14-20(5,6)11-17;/h15-17H,7-14H2,1-6H3,(H2,21,22,23);1H. The van der Waals surface area contributed by atoms with E-state index in [1.54, 1.807) is 0 Å². The molecule has 0 bridgehead atoms. The molecule has 0 spiro atoms. The van der Waals surface area contributed by atoms with E-state index in [1.807, 2.05) is 0 Å². The van der Waals surface area contributed by atoms with Crippen molar-refractivity contribution in [2.24, 2.45) is 21.7 Å². The van der Waals surface area contributed by atoms with Crippen molar-refractivity contribution in [3.8, 4) is 0 Å². The third-order valence-electron chi connectivity index (χ3n) is 5.73. The SMILES string of the molecule is CCC(C)NC(=NCC1CCS(=O)(=O)C1)NC1CC(C)(C)CC(C)(C)C1.I. The summed E-state index contributed by atoms with van der Waals surface area (Å²) in [5.41, 5.74) is 0.640. The Kier molecular flexibility index (Phi) is 8.92. The highest BCUT2D eigenvalue weighted by Crippen LogP contribution is 2.45. The summed E-state index contributed by atoms with van der Waals surface area (Å²) in [5, 5.41) is 7.17. The first-order valence-electron chi connectivity index (χ1n) is 10.2. The highest BCUT2D eigenvalue weighted by Gasteiger charge is 2.38. The minimum absolute atomic E-state index is 0. The third-order valence-corrected chi connectivity index (χ3v) is 7.56. The molecule has 2 N–H and O–H groups in total. The van der Waals surface area contributed by atoms with Crippen molar-refractivity contribution >= 4 is 39.8 Å². The average molecular weight is 514 g/mol. The van der Waals surface area contributed by atoms with E-state index in [0.717, 1.165) is 31.6 Å². The van der Waals surface area contributed by atoms with Crippen molar-refractivity contribution in [1.82, 2.24) is 10.6 Å². The second-order valence-corrected chi connectivity index (χ2v) is 12.4. The van der Waals surface area contributed by atoms with Gasteiger partial charge in [-0.2, -0.15) is 0 Å². The highest BCUT2D eigenvalue weighted by molar-refractivity contribution is 14.0. The Morgan fingerprint density at radius 3 is 2.26 bits per heavy atom. The fraction of sp³-hybridized carbons (Fsp3) is 0.950. The van der Waals surface area contributed by atoms with Crippen molar-refractivity contribution in [2.75, 3.05) is 18.1 Å². The topological polar surface area (TPSA) is 70.6 Å². The van der Waals surface area contributed by atoms with Crippen LogP contribution in [0.25, 0.3) is 0 Å². The molecule has 2 atom stereocenters. The molecule has 160 valence electrons. The Labute approximate surface area is 183 Å². The van der Waals surface area contributed by atoms with Crippen molar-refractivity contribution in [3.05, 3.63) is 0 Å². The molecule has 1 saturated heterocycles. The fourth-order valence-corrected chi connectivity index (χ4v) is 6.70. The molecule has 2 fully saturated rings. The summed E-state index contributed by atoms with van der Waals surface area (Å²) < 4.78 is 23.4. The molecule has 0 amide bonds. The normalized spacial score (nSPS) is 28.2. The molecule has 7 heteroatoms. The van der Waals surface area contributed by atoms with Gasteiger partial charge in [-0.15, -0.1) is 24.0 Å². The lowest BCUT2D eigenvalue weighted by molar-refractivity contribution is 0.0917. The Morgan fingerprint density at radius 2 is 1.78 bits per heavy atom. The van der Waals surface area contributed by atoms with E-state index in [0.29, 0.717) is 35.2 Å². The zero-order valence-corrected chi connectivity index (χ0v) is 21.1. The molecule has 0 aromatic heterocycles. The molecule has 0 aromatic rings. The zero-order valence-electron chi connectivity index (χ0n) is 18.0. The van der Waals surface area contributed by atoms with Crippen molar-refractivity contribution in [2.45, 2.75) is 85.7 Å². The zero-order chi connectivity index (χ0) is 19.6. The maximum Gasteiger partial charge on any atom is 0.191 e. The van der Waals surface area contributed by atoms with Gasteiger partial charge in [0.2, 0.25) is 0 Å². The van der Waals surface area contributed by atoms with Gasteiger partial charge in [0.15, 0.2) is 15.8 Å². The van der Waals surface area contributed by atoms with Crippen LogP contribution in [0.4, 0.5) is 0 Å². The number of hydrogen-bond donors (Lipinski definition) is 2. The lowest BCUT2D eigenvalue weighted by atomic mass is 9.63. The predicted molar refractivity (Wildman–Crippen MR) is 126 cm³/mol. The molecule has 2 aliphatic rings. The molecule has 1 aliphatic heterocycles. The second-order valence-electron chi connectivity index (χ2n) is 10.2. The van der Waals surface area contributed by atoms with Gasteiger partial charge in [0.1, 0.15) is 0 Å². The summed E-state index contributed by atoms with van der Waals surface area (Å²) in [6.45, 7) is 14.3. The number of hydrogen-bond acceptors (Lipinski definition) is 3. The molecule has 1 saturated carbocycles. The summed E-state index contributed by atoms with van der Waals surface area (Å²) >= 11 is 0. The van der Waals surface area contributed by atoms with Crippen molar-refractivity contribution in [1.29, 1.82) is 0 Å². The van der Waals surface area contributed by atoms with Gasteiger partial charge in [-0.25, -0.2) is 8.42 Å². The van der Waals surface area contributed by atoms with Crippen LogP contribution in [0, 0.1) is 16.7 Å². The van der Waals surface area contributed by atoms with Crippen LogP contribution in [0.1, 0.15) is 73.6 Å². The van der Waals surface area contributed by atoms with Crippen LogP contribution in [0.3, 0.4) is 0 Å². The monoisotopic (exact) mass is 513 g/mol. The average Bonchev–Trinajstić information content (AvgIpc) is 2.80. The summed E-state index contributed by atoms with van der Waals surface area (Å²) in [4.78, 5) is 4.78. The lowest BCUT2D eigenvalue weighted by Crippen LogP contribution is -2.51. The maximum atomic E-state index is 11.7. The molecule has 0 radical (unpaired) electrons. The smallest absolute Gasteiger partial charge is 0.191 e.